The van der Waals surface area contributed by atoms with E-state index in [9.17, 15) is 4.39 Å². The summed E-state index contributed by atoms with van der Waals surface area (Å²) in [4.78, 5) is 2.01. The quantitative estimate of drug-likeness (QED) is 0.764. The van der Waals surface area contributed by atoms with Crippen LogP contribution in [0.4, 0.5) is 4.39 Å². The Morgan fingerprint density at radius 3 is 2.63 bits per heavy atom. The normalized spacial score (nSPS) is 10.4. The van der Waals surface area contributed by atoms with Gasteiger partial charge >= 0.3 is 0 Å². The van der Waals surface area contributed by atoms with Gasteiger partial charge in [-0.2, -0.15) is 0 Å². The molecule has 0 aliphatic carbocycles. The molecule has 0 aliphatic rings. The van der Waals surface area contributed by atoms with E-state index >= 15 is 0 Å². The zero-order chi connectivity index (χ0) is 14.1. The van der Waals surface area contributed by atoms with E-state index in [4.69, 9.17) is 10.2 Å². The molecule has 1 aromatic rings. The van der Waals surface area contributed by atoms with Gasteiger partial charge in [0.1, 0.15) is 12.4 Å². The summed E-state index contributed by atoms with van der Waals surface area (Å²) < 4.78 is 13.9. The fraction of sp³-hybridized carbons (Fsp3) is 0.467. The second-order valence-corrected chi connectivity index (χ2v) is 4.27. The fourth-order valence-electron chi connectivity index (χ4n) is 1.86. The van der Waals surface area contributed by atoms with E-state index in [0.29, 0.717) is 24.2 Å². The summed E-state index contributed by atoms with van der Waals surface area (Å²) in [5.74, 6) is 4.86. The van der Waals surface area contributed by atoms with Crippen LogP contribution >= 0.6 is 0 Å². The molecular weight excluding hydrogens is 245 g/mol. The van der Waals surface area contributed by atoms with Crippen LogP contribution in [0.3, 0.4) is 0 Å². The van der Waals surface area contributed by atoms with Gasteiger partial charge in [-0.15, -0.1) is 0 Å². The number of nitrogens with zero attached hydrogens (tertiary/aromatic N) is 1. The molecule has 0 aromatic heterocycles. The Kier molecular flexibility index (Phi) is 7.12. The first-order chi connectivity index (χ1) is 9.21. The second-order valence-electron chi connectivity index (χ2n) is 4.27. The van der Waals surface area contributed by atoms with Crippen LogP contribution in [0.15, 0.2) is 18.2 Å². The minimum atomic E-state index is -0.302. The third-order valence-electron chi connectivity index (χ3n) is 2.71. The van der Waals surface area contributed by atoms with E-state index in [1.807, 2.05) is 11.8 Å². The van der Waals surface area contributed by atoms with Crippen molar-refractivity contribution in [3.8, 4) is 11.8 Å². The molecule has 0 unspecified atom stereocenters. The van der Waals surface area contributed by atoms with Crippen molar-refractivity contribution in [3.63, 3.8) is 0 Å². The van der Waals surface area contributed by atoms with Crippen molar-refractivity contribution >= 4 is 0 Å². The van der Waals surface area contributed by atoms with Crippen molar-refractivity contribution in [2.45, 2.75) is 19.9 Å². The maximum Gasteiger partial charge on any atom is 0.128 e. The lowest BCUT2D eigenvalue weighted by Crippen LogP contribution is -2.27. The molecular formula is C15H20FNO2. The van der Waals surface area contributed by atoms with Crippen LogP contribution < -0.4 is 0 Å². The van der Waals surface area contributed by atoms with Crippen LogP contribution in [0.5, 0.6) is 0 Å². The molecule has 0 spiro atoms. The zero-order valence-corrected chi connectivity index (χ0v) is 11.2. The second kappa shape index (κ2) is 8.65. The standard InChI is InChI=1S/C15H20FNO2/c1-2-7-17(8-10-19)12-14-6-5-13(4-3-9-18)11-15(14)16/h5-6,11,18-19H,2,7-10,12H2,1H3. The minimum Gasteiger partial charge on any atom is -0.395 e. The van der Waals surface area contributed by atoms with E-state index in [2.05, 4.69) is 11.8 Å². The maximum atomic E-state index is 13.9. The highest BCUT2D eigenvalue weighted by Gasteiger charge is 2.08. The summed E-state index contributed by atoms with van der Waals surface area (Å²) in [6.07, 6.45) is 0.960. The maximum absolute atomic E-state index is 13.9. The van der Waals surface area contributed by atoms with Crippen LogP contribution in [0, 0.1) is 17.7 Å². The molecule has 1 rings (SSSR count). The van der Waals surface area contributed by atoms with E-state index in [1.165, 1.54) is 6.07 Å². The first-order valence-corrected chi connectivity index (χ1v) is 6.42. The van der Waals surface area contributed by atoms with Crippen LogP contribution in [0.2, 0.25) is 0 Å². The molecule has 0 saturated heterocycles. The van der Waals surface area contributed by atoms with Crippen molar-refractivity contribution in [3.05, 3.63) is 35.1 Å². The van der Waals surface area contributed by atoms with Crippen LogP contribution in [-0.4, -0.2) is 41.4 Å². The van der Waals surface area contributed by atoms with E-state index in [0.717, 1.165) is 13.0 Å². The van der Waals surface area contributed by atoms with Gasteiger partial charge in [-0.3, -0.25) is 4.90 Å². The first-order valence-electron chi connectivity index (χ1n) is 6.42. The predicted octanol–water partition coefficient (Wildman–Crippen LogP) is 1.37. The van der Waals surface area contributed by atoms with Gasteiger partial charge in [0.15, 0.2) is 0 Å². The summed E-state index contributed by atoms with van der Waals surface area (Å²) in [5, 5.41) is 17.6. The number of aliphatic hydroxyl groups excluding tert-OH is 2. The van der Waals surface area contributed by atoms with Gasteiger partial charge in [-0.25, -0.2) is 4.39 Å². The van der Waals surface area contributed by atoms with E-state index in [1.54, 1.807) is 12.1 Å². The number of halogens is 1. The van der Waals surface area contributed by atoms with Crippen LogP contribution in [-0.2, 0) is 6.54 Å². The van der Waals surface area contributed by atoms with Gasteiger partial charge in [-0.1, -0.05) is 24.8 Å². The molecule has 2 N–H and O–H groups in total. The van der Waals surface area contributed by atoms with Gasteiger partial charge in [-0.05, 0) is 25.1 Å². The monoisotopic (exact) mass is 265 g/mol. The van der Waals surface area contributed by atoms with Crippen LogP contribution in [0.25, 0.3) is 0 Å². The molecule has 0 heterocycles. The molecule has 4 heteroatoms. The first kappa shape index (κ1) is 15.6. The fourth-order valence-corrected chi connectivity index (χ4v) is 1.86. The molecule has 0 amide bonds. The Morgan fingerprint density at radius 2 is 2.05 bits per heavy atom. The lowest BCUT2D eigenvalue weighted by Gasteiger charge is -2.20. The van der Waals surface area contributed by atoms with E-state index < -0.39 is 0 Å². The van der Waals surface area contributed by atoms with Crippen LogP contribution in [0.1, 0.15) is 24.5 Å². The van der Waals surface area contributed by atoms with Gasteiger partial charge in [0.05, 0.1) is 6.61 Å². The predicted molar refractivity (Wildman–Crippen MR) is 73.0 cm³/mol. The molecule has 0 bridgehead atoms. The number of rotatable bonds is 6. The lowest BCUT2D eigenvalue weighted by atomic mass is 10.1. The number of benzene rings is 1. The van der Waals surface area contributed by atoms with Gasteiger partial charge < -0.3 is 10.2 Å². The molecule has 0 aliphatic heterocycles. The Morgan fingerprint density at radius 1 is 1.26 bits per heavy atom. The molecule has 1 aromatic carbocycles. The highest BCUT2D eigenvalue weighted by atomic mass is 19.1. The van der Waals surface area contributed by atoms with Crippen molar-refractivity contribution in [2.75, 3.05) is 26.3 Å². The van der Waals surface area contributed by atoms with Gasteiger partial charge in [0.25, 0.3) is 0 Å². The Bertz CT molecular complexity index is 445. The Hall–Kier alpha value is -1.41. The molecule has 0 saturated carbocycles. The van der Waals surface area contributed by atoms with Crippen molar-refractivity contribution in [1.29, 1.82) is 0 Å². The Labute approximate surface area is 113 Å². The van der Waals surface area contributed by atoms with Crippen molar-refractivity contribution < 1.29 is 14.6 Å². The minimum absolute atomic E-state index is 0.0711. The SMILES string of the molecule is CCCN(CCO)Cc1ccc(C#CCO)cc1F. The molecule has 19 heavy (non-hydrogen) atoms. The molecule has 104 valence electrons. The highest BCUT2D eigenvalue weighted by molar-refractivity contribution is 5.37. The summed E-state index contributed by atoms with van der Waals surface area (Å²) in [7, 11) is 0. The third kappa shape index (κ3) is 5.39. The van der Waals surface area contributed by atoms with Crippen molar-refractivity contribution in [2.24, 2.45) is 0 Å². The average molecular weight is 265 g/mol. The molecule has 0 atom stereocenters. The largest absolute Gasteiger partial charge is 0.395 e. The molecule has 0 radical (unpaired) electrons. The topological polar surface area (TPSA) is 43.7 Å². The summed E-state index contributed by atoms with van der Waals surface area (Å²) in [6.45, 7) is 3.74. The van der Waals surface area contributed by atoms with E-state index in [-0.39, 0.29) is 19.0 Å². The smallest absolute Gasteiger partial charge is 0.128 e. The third-order valence-corrected chi connectivity index (χ3v) is 2.71. The zero-order valence-electron chi connectivity index (χ0n) is 11.2. The highest BCUT2D eigenvalue weighted by Crippen LogP contribution is 2.12. The number of hydrogen-bond donors (Lipinski definition) is 2. The molecule has 0 fully saturated rings. The number of aliphatic hydroxyl groups is 2. The Balaban J connectivity index is 2.77. The molecule has 3 nitrogen and oxygen atoms in total. The number of hydrogen-bond acceptors (Lipinski definition) is 3. The lowest BCUT2D eigenvalue weighted by molar-refractivity contribution is 0.189. The van der Waals surface area contributed by atoms with Gasteiger partial charge in [0, 0.05) is 24.2 Å². The summed E-state index contributed by atoms with van der Waals surface area (Å²) in [6, 6.07) is 4.82. The van der Waals surface area contributed by atoms with Gasteiger partial charge in [0.2, 0.25) is 0 Å². The summed E-state index contributed by atoms with van der Waals surface area (Å²) in [5.41, 5.74) is 1.15. The average Bonchev–Trinajstić information content (AvgIpc) is 2.39. The van der Waals surface area contributed by atoms with Crippen molar-refractivity contribution in [1.82, 2.24) is 4.90 Å². The summed E-state index contributed by atoms with van der Waals surface area (Å²) >= 11 is 0.